The normalized spacial score (nSPS) is 11.0. The number of para-hydroxylation sites is 1. The Bertz CT molecular complexity index is 1160. The van der Waals surface area contributed by atoms with Gasteiger partial charge in [-0.2, -0.15) is 0 Å². The molecule has 0 spiro atoms. The first-order valence-corrected chi connectivity index (χ1v) is 12.1. The summed E-state index contributed by atoms with van der Waals surface area (Å²) in [6.07, 6.45) is 0.670. The zero-order valence-electron chi connectivity index (χ0n) is 19.0. The molecule has 0 bridgehead atoms. The number of hydrogen-bond donors (Lipinski definition) is 0. The summed E-state index contributed by atoms with van der Waals surface area (Å²) in [5.74, 6) is 1.25. The van der Waals surface area contributed by atoms with E-state index < -0.39 is 0 Å². The first-order chi connectivity index (χ1) is 16.1. The highest BCUT2D eigenvalue weighted by Crippen LogP contribution is 2.24. The number of benzene rings is 3. The molecule has 0 aliphatic carbocycles. The summed E-state index contributed by atoms with van der Waals surface area (Å²) >= 11 is 1.44. The van der Waals surface area contributed by atoms with Gasteiger partial charge < -0.3 is 4.90 Å². The molecule has 0 atom stereocenters. The van der Waals surface area contributed by atoms with Crippen LogP contribution in [0, 0.1) is 0 Å². The summed E-state index contributed by atoms with van der Waals surface area (Å²) < 4.78 is 2.06. The summed E-state index contributed by atoms with van der Waals surface area (Å²) in [5, 5.41) is 9.66. The molecule has 3 aromatic carbocycles. The second-order valence-electron chi connectivity index (χ2n) is 8.12. The average molecular weight is 457 g/mol. The molecule has 0 aliphatic rings. The van der Waals surface area contributed by atoms with Crippen molar-refractivity contribution in [2.45, 2.75) is 38.0 Å². The van der Waals surface area contributed by atoms with Crippen LogP contribution in [-0.2, 0) is 17.8 Å². The van der Waals surface area contributed by atoms with E-state index in [-0.39, 0.29) is 11.9 Å². The van der Waals surface area contributed by atoms with Crippen molar-refractivity contribution in [1.82, 2.24) is 19.7 Å². The lowest BCUT2D eigenvalue weighted by Gasteiger charge is -2.27. The van der Waals surface area contributed by atoms with Gasteiger partial charge in [-0.3, -0.25) is 9.36 Å². The Balaban J connectivity index is 1.54. The molecule has 1 heterocycles. The predicted molar refractivity (Wildman–Crippen MR) is 133 cm³/mol. The minimum Gasteiger partial charge on any atom is -0.335 e. The zero-order valence-corrected chi connectivity index (χ0v) is 19.8. The third kappa shape index (κ3) is 5.90. The number of carbonyl (C=O) groups excluding carboxylic acids is 1. The fourth-order valence-corrected chi connectivity index (χ4v) is 4.53. The van der Waals surface area contributed by atoms with Gasteiger partial charge in [-0.15, -0.1) is 10.2 Å². The molecule has 168 valence electrons. The van der Waals surface area contributed by atoms with Gasteiger partial charge in [-0.1, -0.05) is 90.6 Å². The van der Waals surface area contributed by atoms with Crippen LogP contribution < -0.4 is 0 Å². The third-order valence-electron chi connectivity index (χ3n) is 5.38. The molecule has 0 N–H and O–H groups in total. The summed E-state index contributed by atoms with van der Waals surface area (Å²) in [6.45, 7) is 4.70. The lowest BCUT2D eigenvalue weighted by atomic mass is 10.1. The van der Waals surface area contributed by atoms with Gasteiger partial charge in [-0.05, 0) is 37.1 Å². The Hall–Kier alpha value is -3.38. The molecule has 33 heavy (non-hydrogen) atoms. The quantitative estimate of drug-likeness (QED) is 0.317. The first-order valence-electron chi connectivity index (χ1n) is 11.1. The monoisotopic (exact) mass is 456 g/mol. The van der Waals surface area contributed by atoms with E-state index in [0.29, 0.717) is 18.7 Å². The Morgan fingerprint density at radius 1 is 0.848 bits per heavy atom. The maximum Gasteiger partial charge on any atom is 0.233 e. The van der Waals surface area contributed by atoms with E-state index in [2.05, 4.69) is 52.9 Å². The fourth-order valence-electron chi connectivity index (χ4n) is 3.67. The van der Waals surface area contributed by atoms with E-state index in [1.165, 1.54) is 17.3 Å². The molecule has 5 nitrogen and oxygen atoms in total. The van der Waals surface area contributed by atoms with Crippen molar-refractivity contribution < 1.29 is 4.79 Å². The molecule has 0 aliphatic heterocycles. The third-order valence-corrected chi connectivity index (χ3v) is 6.30. The number of hydrogen-bond acceptors (Lipinski definition) is 4. The predicted octanol–water partition coefficient (Wildman–Crippen LogP) is 5.39. The van der Waals surface area contributed by atoms with E-state index in [1.54, 1.807) is 0 Å². The average Bonchev–Trinajstić information content (AvgIpc) is 3.25. The smallest absolute Gasteiger partial charge is 0.233 e. The summed E-state index contributed by atoms with van der Waals surface area (Å²) in [7, 11) is 0. The number of amides is 1. The lowest BCUT2D eigenvalue weighted by Crippen LogP contribution is -2.37. The highest BCUT2D eigenvalue weighted by molar-refractivity contribution is 7.99. The molecule has 0 saturated heterocycles. The number of aromatic nitrogens is 3. The standard InChI is InChI=1S/C27H28N4OS/c1-21(2)30(19-23-14-8-4-9-15-23)26(32)20-33-27-29-28-25(18-22-12-6-3-7-13-22)31(27)24-16-10-5-11-17-24/h3-17,21H,18-20H2,1-2H3. The van der Waals surface area contributed by atoms with Crippen LogP contribution in [0.1, 0.15) is 30.8 Å². The molecule has 0 radical (unpaired) electrons. The molecular weight excluding hydrogens is 428 g/mol. The van der Waals surface area contributed by atoms with Crippen molar-refractivity contribution in [2.24, 2.45) is 0 Å². The van der Waals surface area contributed by atoms with Crippen LogP contribution in [-0.4, -0.2) is 37.4 Å². The second-order valence-corrected chi connectivity index (χ2v) is 9.06. The zero-order chi connectivity index (χ0) is 23.0. The maximum atomic E-state index is 13.2. The summed E-state index contributed by atoms with van der Waals surface area (Å²) in [6, 6.07) is 30.5. The van der Waals surface area contributed by atoms with Crippen molar-refractivity contribution in [1.29, 1.82) is 0 Å². The molecule has 1 amide bonds. The number of thioether (sulfide) groups is 1. The Labute approximate surface area is 199 Å². The highest BCUT2D eigenvalue weighted by Gasteiger charge is 2.20. The van der Waals surface area contributed by atoms with Crippen LogP contribution in [0.15, 0.2) is 96.2 Å². The molecule has 6 heteroatoms. The van der Waals surface area contributed by atoms with Crippen LogP contribution in [0.3, 0.4) is 0 Å². The van der Waals surface area contributed by atoms with E-state index in [9.17, 15) is 4.79 Å². The molecule has 4 aromatic rings. The Morgan fingerprint density at radius 2 is 1.42 bits per heavy atom. The largest absolute Gasteiger partial charge is 0.335 e. The van der Waals surface area contributed by atoms with Gasteiger partial charge in [0.15, 0.2) is 5.16 Å². The lowest BCUT2D eigenvalue weighted by molar-refractivity contribution is -0.130. The van der Waals surface area contributed by atoms with Gasteiger partial charge in [0.1, 0.15) is 5.82 Å². The fraction of sp³-hybridized carbons (Fsp3) is 0.222. The highest BCUT2D eigenvalue weighted by atomic mass is 32.2. The minimum absolute atomic E-state index is 0.0890. The number of carbonyl (C=O) groups is 1. The molecule has 0 fully saturated rings. The maximum absolute atomic E-state index is 13.2. The van der Waals surface area contributed by atoms with Crippen LogP contribution in [0.5, 0.6) is 0 Å². The van der Waals surface area contributed by atoms with Gasteiger partial charge >= 0.3 is 0 Å². The minimum atomic E-state index is 0.0890. The van der Waals surface area contributed by atoms with Gasteiger partial charge in [0.2, 0.25) is 5.91 Å². The molecule has 4 rings (SSSR count). The van der Waals surface area contributed by atoms with E-state index in [4.69, 9.17) is 0 Å². The van der Waals surface area contributed by atoms with Crippen molar-refractivity contribution in [2.75, 3.05) is 5.75 Å². The molecule has 0 unspecified atom stereocenters. The summed E-state index contributed by atoms with van der Waals surface area (Å²) in [5.41, 5.74) is 3.29. The SMILES string of the molecule is CC(C)N(Cc1ccccc1)C(=O)CSc1nnc(Cc2ccccc2)n1-c1ccccc1. The Kier molecular flexibility index (Phi) is 7.58. The van der Waals surface area contributed by atoms with Crippen molar-refractivity contribution in [3.8, 4) is 5.69 Å². The number of rotatable bonds is 9. The van der Waals surface area contributed by atoms with Crippen molar-refractivity contribution >= 4 is 17.7 Å². The van der Waals surface area contributed by atoms with Crippen molar-refractivity contribution in [3.05, 3.63) is 108 Å². The Morgan fingerprint density at radius 3 is 2.03 bits per heavy atom. The van der Waals surface area contributed by atoms with E-state index in [1.807, 2.05) is 71.6 Å². The summed E-state index contributed by atoms with van der Waals surface area (Å²) in [4.78, 5) is 15.1. The van der Waals surface area contributed by atoms with Gasteiger partial charge in [-0.25, -0.2) is 0 Å². The van der Waals surface area contributed by atoms with Crippen LogP contribution >= 0.6 is 11.8 Å². The van der Waals surface area contributed by atoms with Gasteiger partial charge in [0.25, 0.3) is 0 Å². The molecule has 1 aromatic heterocycles. The molecular formula is C27H28N4OS. The van der Waals surface area contributed by atoms with Gasteiger partial charge in [0, 0.05) is 24.7 Å². The van der Waals surface area contributed by atoms with Crippen LogP contribution in [0.25, 0.3) is 5.69 Å². The van der Waals surface area contributed by atoms with Crippen molar-refractivity contribution in [3.63, 3.8) is 0 Å². The van der Waals surface area contributed by atoms with E-state index >= 15 is 0 Å². The second kappa shape index (κ2) is 11.0. The number of nitrogens with zero attached hydrogens (tertiary/aromatic N) is 4. The van der Waals surface area contributed by atoms with Crippen LogP contribution in [0.2, 0.25) is 0 Å². The molecule has 0 saturated carbocycles. The first kappa shape index (κ1) is 22.8. The topological polar surface area (TPSA) is 51.0 Å². The van der Waals surface area contributed by atoms with E-state index in [0.717, 1.165) is 22.2 Å². The van der Waals surface area contributed by atoms with Crippen LogP contribution in [0.4, 0.5) is 0 Å². The van der Waals surface area contributed by atoms with Gasteiger partial charge in [0.05, 0.1) is 5.75 Å².